The summed E-state index contributed by atoms with van der Waals surface area (Å²) in [4.78, 5) is 29.8. The van der Waals surface area contributed by atoms with Gasteiger partial charge in [0.2, 0.25) is 5.91 Å². The molecule has 2 saturated heterocycles. The van der Waals surface area contributed by atoms with E-state index in [1.807, 2.05) is 17.9 Å². The zero-order valence-electron chi connectivity index (χ0n) is 22.4. The number of nitrogens with one attached hydrogen (secondary N) is 1. The maximum Gasteiger partial charge on any atom is 0.257 e. The van der Waals surface area contributed by atoms with E-state index in [1.54, 1.807) is 6.07 Å². The van der Waals surface area contributed by atoms with Crippen molar-refractivity contribution in [3.8, 4) is 0 Å². The number of halogens is 1. The van der Waals surface area contributed by atoms with Gasteiger partial charge in [0.25, 0.3) is 5.91 Å². The molecule has 2 aromatic rings. The van der Waals surface area contributed by atoms with Gasteiger partial charge in [-0.2, -0.15) is 5.10 Å². The van der Waals surface area contributed by atoms with Crippen LogP contribution in [0.1, 0.15) is 84.8 Å². The molecule has 2 aliphatic heterocycles. The predicted molar refractivity (Wildman–Crippen MR) is 141 cm³/mol. The van der Waals surface area contributed by atoms with Crippen molar-refractivity contribution in [1.82, 2.24) is 24.9 Å². The number of amides is 2. The first-order chi connectivity index (χ1) is 17.8. The normalized spacial score (nSPS) is 23.3. The van der Waals surface area contributed by atoms with E-state index in [4.69, 9.17) is 5.10 Å². The molecule has 3 fully saturated rings. The van der Waals surface area contributed by atoms with E-state index in [-0.39, 0.29) is 23.7 Å². The summed E-state index contributed by atoms with van der Waals surface area (Å²) in [6, 6.07) is 6.70. The molecular formula is C29H40FN5O2. The number of carbonyl (C=O) groups excluding carboxylic acids is 2. The summed E-state index contributed by atoms with van der Waals surface area (Å²) in [5.41, 5.74) is 3.48. The molecule has 1 aromatic heterocycles. The molecule has 1 saturated carbocycles. The highest BCUT2D eigenvalue weighted by Gasteiger charge is 2.42. The third-order valence-electron chi connectivity index (χ3n) is 8.67. The Morgan fingerprint density at radius 3 is 2.43 bits per heavy atom. The quantitative estimate of drug-likeness (QED) is 0.600. The van der Waals surface area contributed by atoms with Crippen molar-refractivity contribution in [2.75, 3.05) is 32.7 Å². The maximum absolute atomic E-state index is 13.8. The molecular weight excluding hydrogens is 469 g/mol. The van der Waals surface area contributed by atoms with Crippen LogP contribution in [0.25, 0.3) is 0 Å². The van der Waals surface area contributed by atoms with E-state index in [0.717, 1.165) is 74.5 Å². The van der Waals surface area contributed by atoms with Gasteiger partial charge in [0.05, 0.1) is 23.3 Å². The minimum Gasteiger partial charge on any atom is -0.349 e. The fraction of sp³-hybridized carbons (Fsp3) is 0.621. The lowest BCUT2D eigenvalue weighted by Gasteiger charge is -2.25. The van der Waals surface area contributed by atoms with Crippen molar-refractivity contribution in [2.45, 2.75) is 71.4 Å². The highest BCUT2D eigenvalue weighted by Crippen LogP contribution is 2.35. The van der Waals surface area contributed by atoms with E-state index >= 15 is 0 Å². The molecule has 8 heteroatoms. The number of carbonyl (C=O) groups is 2. The lowest BCUT2D eigenvalue weighted by molar-refractivity contribution is -0.119. The summed E-state index contributed by atoms with van der Waals surface area (Å²) >= 11 is 0. The van der Waals surface area contributed by atoms with Gasteiger partial charge in [-0.25, -0.2) is 4.39 Å². The summed E-state index contributed by atoms with van der Waals surface area (Å²) in [7, 11) is 0. The standard InChI is InChI=1S/C29H40FN5O2/c1-19-28(20(2)35(32-19)26-10-5-4-6-11-26)29(37)34-17-23-15-33(16-24(23)18-34)13-12-27(31-21(3)36)22-8-7-9-25(30)14-22/h7-9,14,23-24,26-27H,4-6,10-13,15-18H2,1-3H3,(H,31,36)/t23-,24-,27-/m0/s1. The monoisotopic (exact) mass is 509 g/mol. The molecule has 200 valence electrons. The summed E-state index contributed by atoms with van der Waals surface area (Å²) in [6.07, 6.45) is 6.82. The number of aromatic nitrogens is 2. The van der Waals surface area contributed by atoms with E-state index in [9.17, 15) is 14.0 Å². The van der Waals surface area contributed by atoms with E-state index in [2.05, 4.69) is 21.8 Å². The van der Waals surface area contributed by atoms with Crippen molar-refractivity contribution in [3.05, 3.63) is 52.6 Å². The van der Waals surface area contributed by atoms with Gasteiger partial charge in [0.15, 0.2) is 0 Å². The summed E-state index contributed by atoms with van der Waals surface area (Å²) in [5.74, 6) is 0.662. The molecule has 0 bridgehead atoms. The molecule has 0 spiro atoms. The molecule has 1 N–H and O–H groups in total. The second kappa shape index (κ2) is 10.9. The van der Waals surface area contributed by atoms with Crippen LogP contribution in [-0.4, -0.2) is 64.1 Å². The van der Waals surface area contributed by atoms with Gasteiger partial charge in [-0.05, 0) is 62.6 Å². The minimum atomic E-state index is -0.289. The topological polar surface area (TPSA) is 70.5 Å². The fourth-order valence-corrected chi connectivity index (χ4v) is 6.85. The van der Waals surface area contributed by atoms with Crippen molar-refractivity contribution < 1.29 is 14.0 Å². The van der Waals surface area contributed by atoms with Crippen LogP contribution in [-0.2, 0) is 4.79 Å². The predicted octanol–water partition coefficient (Wildman–Crippen LogP) is 4.42. The lowest BCUT2D eigenvalue weighted by Crippen LogP contribution is -2.35. The Kier molecular flexibility index (Phi) is 7.65. The van der Waals surface area contributed by atoms with Crippen molar-refractivity contribution in [3.63, 3.8) is 0 Å². The third-order valence-corrected chi connectivity index (χ3v) is 8.67. The van der Waals surface area contributed by atoms with Crippen LogP contribution in [0.2, 0.25) is 0 Å². The molecule has 3 atom stereocenters. The van der Waals surface area contributed by atoms with Gasteiger partial charge in [0, 0.05) is 45.3 Å². The summed E-state index contributed by atoms with van der Waals surface area (Å²) in [6.45, 7) is 9.83. The smallest absolute Gasteiger partial charge is 0.257 e. The lowest BCUT2D eigenvalue weighted by atomic mass is 9.95. The molecule has 5 rings (SSSR count). The largest absolute Gasteiger partial charge is 0.349 e. The number of nitrogens with zero attached hydrogens (tertiary/aromatic N) is 4. The minimum absolute atomic E-state index is 0.112. The van der Waals surface area contributed by atoms with Crippen LogP contribution in [0.4, 0.5) is 4.39 Å². The van der Waals surface area contributed by atoms with Gasteiger partial charge >= 0.3 is 0 Å². The average Bonchev–Trinajstić information content (AvgIpc) is 3.53. The van der Waals surface area contributed by atoms with Crippen molar-refractivity contribution in [1.29, 1.82) is 0 Å². The summed E-state index contributed by atoms with van der Waals surface area (Å²) < 4.78 is 15.9. The van der Waals surface area contributed by atoms with E-state index in [0.29, 0.717) is 17.9 Å². The second-order valence-electron chi connectivity index (χ2n) is 11.4. The number of rotatable bonds is 7. The van der Waals surface area contributed by atoms with Gasteiger partial charge in [-0.1, -0.05) is 31.4 Å². The Labute approximate surface area is 219 Å². The number of likely N-dealkylation sites (tertiary alicyclic amines) is 2. The number of hydrogen-bond acceptors (Lipinski definition) is 4. The zero-order chi connectivity index (χ0) is 26.1. The Bertz CT molecular complexity index is 1130. The molecule has 3 heterocycles. The molecule has 0 radical (unpaired) electrons. The number of aryl methyl sites for hydroxylation is 1. The highest BCUT2D eigenvalue weighted by atomic mass is 19.1. The second-order valence-corrected chi connectivity index (χ2v) is 11.4. The number of hydrogen-bond donors (Lipinski definition) is 1. The molecule has 3 aliphatic rings. The Hall–Kier alpha value is -2.74. The molecule has 37 heavy (non-hydrogen) atoms. The first-order valence-electron chi connectivity index (χ1n) is 13.9. The van der Waals surface area contributed by atoms with Crippen molar-refractivity contribution >= 4 is 11.8 Å². The van der Waals surface area contributed by atoms with Crippen LogP contribution in [0.5, 0.6) is 0 Å². The molecule has 7 nitrogen and oxygen atoms in total. The summed E-state index contributed by atoms with van der Waals surface area (Å²) in [5, 5.41) is 7.79. The van der Waals surface area contributed by atoms with Crippen LogP contribution in [0, 0.1) is 31.5 Å². The average molecular weight is 510 g/mol. The van der Waals surface area contributed by atoms with Gasteiger partial charge < -0.3 is 15.1 Å². The molecule has 2 amide bonds. The van der Waals surface area contributed by atoms with E-state index < -0.39 is 0 Å². The fourth-order valence-electron chi connectivity index (χ4n) is 6.85. The molecule has 1 aromatic carbocycles. The van der Waals surface area contributed by atoms with Crippen LogP contribution in [0.3, 0.4) is 0 Å². The Morgan fingerprint density at radius 2 is 1.78 bits per heavy atom. The maximum atomic E-state index is 13.8. The van der Waals surface area contributed by atoms with Crippen molar-refractivity contribution in [2.24, 2.45) is 11.8 Å². The highest BCUT2D eigenvalue weighted by molar-refractivity contribution is 5.96. The van der Waals surface area contributed by atoms with Gasteiger partial charge in [0.1, 0.15) is 5.82 Å². The van der Waals surface area contributed by atoms with E-state index in [1.165, 1.54) is 38.3 Å². The molecule has 0 unspecified atom stereocenters. The molecule has 1 aliphatic carbocycles. The van der Waals surface area contributed by atoms with Crippen LogP contribution in [0.15, 0.2) is 24.3 Å². The Balaban J connectivity index is 1.18. The first-order valence-corrected chi connectivity index (χ1v) is 13.9. The van der Waals surface area contributed by atoms with Crippen LogP contribution >= 0.6 is 0 Å². The van der Waals surface area contributed by atoms with Gasteiger partial charge in [-0.3, -0.25) is 14.3 Å². The third kappa shape index (κ3) is 5.59. The number of benzene rings is 1. The van der Waals surface area contributed by atoms with Crippen LogP contribution < -0.4 is 5.32 Å². The SMILES string of the molecule is CC(=O)N[C@@H](CCN1C[C@H]2CN(C(=O)c3c(C)nn(C4CCCCC4)c3C)C[C@@H]2C1)c1cccc(F)c1. The zero-order valence-corrected chi connectivity index (χ0v) is 22.4. The first kappa shape index (κ1) is 25.9. The number of fused-ring (bicyclic) bond motifs is 1. The van der Waals surface area contributed by atoms with Gasteiger partial charge in [-0.15, -0.1) is 0 Å². The Morgan fingerprint density at radius 1 is 1.08 bits per heavy atom.